The Labute approximate surface area is 87.7 Å². The highest BCUT2D eigenvalue weighted by atomic mass is 16.5. The van der Waals surface area contributed by atoms with E-state index in [1.54, 1.807) is 12.1 Å². The number of ether oxygens (including phenoxy) is 2. The van der Waals surface area contributed by atoms with Gasteiger partial charge in [0, 0.05) is 0 Å². The monoisotopic (exact) mass is 208 g/mol. The fourth-order valence-corrected chi connectivity index (χ4v) is 1.10. The second kappa shape index (κ2) is 5.05. The van der Waals surface area contributed by atoms with Gasteiger partial charge in [-0.15, -0.1) is 0 Å². The molecule has 0 aromatic heterocycles. The fourth-order valence-electron chi connectivity index (χ4n) is 1.10. The number of hydrogen-bond donors (Lipinski definition) is 1. The summed E-state index contributed by atoms with van der Waals surface area (Å²) in [5.74, 6) is -0.345. The van der Waals surface area contributed by atoms with Gasteiger partial charge in [0.05, 0.1) is 20.5 Å². The number of carbonyl (C=O) groups excluding carboxylic acids is 1. The molecule has 0 saturated heterocycles. The lowest BCUT2D eigenvalue weighted by molar-refractivity contribution is -0.133. The topological polar surface area (TPSA) is 55.8 Å². The summed E-state index contributed by atoms with van der Waals surface area (Å²) in [6.07, 6.45) is 1.30. The maximum Gasteiger partial charge on any atom is 0.341 e. The van der Waals surface area contributed by atoms with Gasteiger partial charge >= 0.3 is 5.97 Å². The van der Waals surface area contributed by atoms with Gasteiger partial charge in [-0.25, -0.2) is 4.79 Å². The van der Waals surface area contributed by atoms with Crippen LogP contribution in [0.2, 0.25) is 0 Å². The molecule has 0 radical (unpaired) electrons. The molecule has 0 spiro atoms. The van der Waals surface area contributed by atoms with E-state index < -0.39 is 5.97 Å². The van der Waals surface area contributed by atoms with Crippen molar-refractivity contribution in [3.8, 4) is 5.75 Å². The molecule has 1 rings (SSSR count). The van der Waals surface area contributed by atoms with E-state index in [9.17, 15) is 4.79 Å². The summed E-state index contributed by atoms with van der Waals surface area (Å²) in [5, 5.41) is 9.10. The van der Waals surface area contributed by atoms with E-state index in [0.29, 0.717) is 11.1 Å². The van der Waals surface area contributed by atoms with Crippen molar-refractivity contribution in [1.82, 2.24) is 0 Å². The first kappa shape index (κ1) is 11.1. The van der Waals surface area contributed by atoms with E-state index in [4.69, 9.17) is 9.84 Å². The maximum absolute atomic E-state index is 11.4. The molecule has 0 bridgehead atoms. The van der Waals surface area contributed by atoms with Crippen LogP contribution < -0.4 is 0 Å². The normalized spacial score (nSPS) is 10.9. The second-order valence-corrected chi connectivity index (χ2v) is 2.81. The Hall–Kier alpha value is -1.97. The minimum Gasteiger partial charge on any atom is -0.508 e. The highest BCUT2D eigenvalue weighted by Crippen LogP contribution is 2.18. The molecule has 0 aliphatic rings. The van der Waals surface area contributed by atoms with Crippen LogP contribution >= 0.6 is 0 Å². The Morgan fingerprint density at radius 1 is 1.27 bits per heavy atom. The lowest BCUT2D eigenvalue weighted by atomic mass is 10.1. The Balaban J connectivity index is 3.05. The van der Waals surface area contributed by atoms with Gasteiger partial charge in [-0.2, -0.15) is 0 Å². The van der Waals surface area contributed by atoms with Gasteiger partial charge in [-0.1, -0.05) is 12.1 Å². The van der Waals surface area contributed by atoms with E-state index in [2.05, 4.69) is 4.74 Å². The largest absolute Gasteiger partial charge is 0.508 e. The third-order valence-corrected chi connectivity index (χ3v) is 1.82. The molecule has 0 fully saturated rings. The first-order valence-electron chi connectivity index (χ1n) is 4.29. The molecule has 80 valence electrons. The van der Waals surface area contributed by atoms with Crippen molar-refractivity contribution in [3.63, 3.8) is 0 Å². The summed E-state index contributed by atoms with van der Waals surface area (Å²) < 4.78 is 9.39. The van der Waals surface area contributed by atoms with Gasteiger partial charge in [0.15, 0.2) is 0 Å². The van der Waals surface area contributed by atoms with Crippen molar-refractivity contribution in [2.75, 3.05) is 14.2 Å². The number of esters is 1. The van der Waals surface area contributed by atoms with Crippen LogP contribution in [0.15, 0.2) is 30.5 Å². The van der Waals surface area contributed by atoms with Crippen LogP contribution in [0.4, 0.5) is 0 Å². The Bertz CT molecular complexity index is 365. The Morgan fingerprint density at radius 3 is 2.33 bits per heavy atom. The number of aromatic hydroxyl groups is 1. The molecule has 0 unspecified atom stereocenters. The molecule has 0 amide bonds. The molecule has 0 saturated carbocycles. The van der Waals surface area contributed by atoms with Crippen LogP contribution in [0.1, 0.15) is 5.56 Å². The van der Waals surface area contributed by atoms with E-state index in [1.807, 2.05) is 0 Å². The third-order valence-electron chi connectivity index (χ3n) is 1.82. The second-order valence-electron chi connectivity index (χ2n) is 2.81. The summed E-state index contributed by atoms with van der Waals surface area (Å²) in [5.41, 5.74) is 0.932. The zero-order valence-corrected chi connectivity index (χ0v) is 8.56. The van der Waals surface area contributed by atoms with Gasteiger partial charge in [0.2, 0.25) is 0 Å². The number of phenols is 1. The summed E-state index contributed by atoms with van der Waals surface area (Å²) in [4.78, 5) is 11.4. The third kappa shape index (κ3) is 2.74. The van der Waals surface area contributed by atoms with Crippen LogP contribution in [0.5, 0.6) is 5.75 Å². The molecule has 15 heavy (non-hydrogen) atoms. The molecule has 0 aliphatic heterocycles. The minimum atomic E-state index is -0.484. The van der Waals surface area contributed by atoms with Gasteiger partial charge in [-0.05, 0) is 17.7 Å². The van der Waals surface area contributed by atoms with Crippen LogP contribution in [0, 0.1) is 0 Å². The van der Waals surface area contributed by atoms with Crippen molar-refractivity contribution in [3.05, 3.63) is 36.1 Å². The molecule has 1 N–H and O–H groups in total. The maximum atomic E-state index is 11.4. The lowest BCUT2D eigenvalue weighted by Gasteiger charge is -2.05. The predicted molar refractivity (Wildman–Crippen MR) is 55.1 cm³/mol. The van der Waals surface area contributed by atoms with Crippen molar-refractivity contribution < 1.29 is 19.4 Å². The molecule has 0 heterocycles. The van der Waals surface area contributed by atoms with Gasteiger partial charge in [0.1, 0.15) is 11.3 Å². The number of methoxy groups -OCH3 is 2. The zero-order chi connectivity index (χ0) is 11.3. The van der Waals surface area contributed by atoms with Crippen LogP contribution in [-0.2, 0) is 14.3 Å². The van der Waals surface area contributed by atoms with Gasteiger partial charge in [0.25, 0.3) is 0 Å². The predicted octanol–water partition coefficient (Wildman–Crippen LogP) is 1.55. The van der Waals surface area contributed by atoms with Crippen molar-refractivity contribution in [2.24, 2.45) is 0 Å². The van der Waals surface area contributed by atoms with Crippen molar-refractivity contribution in [1.29, 1.82) is 0 Å². The molecular formula is C11H12O4. The fraction of sp³-hybridized carbons (Fsp3) is 0.182. The van der Waals surface area contributed by atoms with Crippen LogP contribution in [-0.4, -0.2) is 25.3 Å². The van der Waals surface area contributed by atoms with E-state index in [1.165, 1.54) is 32.6 Å². The Kier molecular flexibility index (Phi) is 3.74. The summed E-state index contributed by atoms with van der Waals surface area (Å²) >= 11 is 0. The molecular weight excluding hydrogens is 196 g/mol. The van der Waals surface area contributed by atoms with Crippen molar-refractivity contribution >= 4 is 11.5 Å². The lowest BCUT2D eigenvalue weighted by Crippen LogP contribution is -2.04. The SMILES string of the molecule is COC=C(C(=O)OC)c1ccc(O)cc1. The molecule has 1 aromatic rings. The van der Waals surface area contributed by atoms with Gasteiger partial charge < -0.3 is 14.6 Å². The average molecular weight is 208 g/mol. The number of hydrogen-bond acceptors (Lipinski definition) is 4. The minimum absolute atomic E-state index is 0.139. The van der Waals surface area contributed by atoms with E-state index in [-0.39, 0.29) is 5.75 Å². The number of phenolic OH excluding ortho intramolecular Hbond substituents is 1. The number of carbonyl (C=O) groups is 1. The average Bonchev–Trinajstić information content (AvgIpc) is 2.26. The first-order valence-corrected chi connectivity index (χ1v) is 4.29. The molecule has 1 aromatic carbocycles. The molecule has 4 heteroatoms. The quantitative estimate of drug-likeness (QED) is 0.465. The smallest absolute Gasteiger partial charge is 0.341 e. The molecule has 0 atom stereocenters. The molecule has 0 aliphatic carbocycles. The zero-order valence-electron chi connectivity index (χ0n) is 8.56. The summed E-state index contributed by atoms with van der Waals surface area (Å²) in [7, 11) is 2.75. The summed E-state index contributed by atoms with van der Waals surface area (Å²) in [6.45, 7) is 0. The Morgan fingerprint density at radius 2 is 1.87 bits per heavy atom. The highest BCUT2D eigenvalue weighted by Gasteiger charge is 2.12. The number of rotatable bonds is 3. The standard InChI is InChI=1S/C11H12O4/c1-14-7-10(11(13)15-2)8-3-5-9(12)6-4-8/h3-7,12H,1-2H3. The summed E-state index contributed by atoms with van der Waals surface area (Å²) in [6, 6.07) is 6.19. The highest BCUT2D eigenvalue weighted by molar-refractivity contribution is 6.16. The van der Waals surface area contributed by atoms with E-state index in [0.717, 1.165) is 0 Å². The van der Waals surface area contributed by atoms with Crippen LogP contribution in [0.25, 0.3) is 5.57 Å². The van der Waals surface area contributed by atoms with Crippen molar-refractivity contribution in [2.45, 2.75) is 0 Å². The van der Waals surface area contributed by atoms with Crippen LogP contribution in [0.3, 0.4) is 0 Å². The molecule has 4 nitrogen and oxygen atoms in total. The van der Waals surface area contributed by atoms with Gasteiger partial charge in [-0.3, -0.25) is 0 Å². The van der Waals surface area contributed by atoms with E-state index >= 15 is 0 Å². The first-order chi connectivity index (χ1) is 7.19. The number of benzene rings is 1.